The quantitative estimate of drug-likeness (QED) is 0.476. The molecule has 0 bridgehead atoms. The van der Waals surface area contributed by atoms with E-state index in [2.05, 4.69) is 14.9 Å². The minimum atomic E-state index is 0.147. The molecule has 4 nitrogen and oxygen atoms in total. The number of hydrogen-bond acceptors (Lipinski definition) is 5. The number of anilines is 1. The number of aromatic nitrogens is 2. The predicted octanol–water partition coefficient (Wildman–Crippen LogP) is 3.67. The van der Waals surface area contributed by atoms with E-state index in [0.29, 0.717) is 5.75 Å². The fraction of sp³-hybridized carbons (Fsp3) is 0.389. The molecule has 0 amide bonds. The first-order valence-electron chi connectivity index (χ1n) is 7.94. The lowest BCUT2D eigenvalue weighted by atomic mass is 10.0. The molecule has 0 N–H and O–H groups in total. The van der Waals surface area contributed by atoms with Gasteiger partial charge in [0.2, 0.25) is 0 Å². The monoisotopic (exact) mass is 327 g/mol. The number of carbonyl (C=O) groups is 1. The molecular formula is C18H21N3OS. The lowest BCUT2D eigenvalue weighted by Gasteiger charge is -2.16. The summed E-state index contributed by atoms with van der Waals surface area (Å²) in [7, 11) is 0. The summed E-state index contributed by atoms with van der Waals surface area (Å²) in [5, 5.41) is 0.861. The Morgan fingerprint density at radius 1 is 1.17 bits per heavy atom. The smallest absolute Gasteiger partial charge is 0.173 e. The molecule has 1 aliphatic rings. The summed E-state index contributed by atoms with van der Waals surface area (Å²) in [6.45, 7) is 6.14. The van der Waals surface area contributed by atoms with Crippen LogP contribution in [-0.4, -0.2) is 34.6 Å². The molecule has 0 spiro atoms. The molecule has 0 unspecified atom stereocenters. The van der Waals surface area contributed by atoms with Gasteiger partial charge in [0.1, 0.15) is 17.2 Å². The highest BCUT2D eigenvalue weighted by Crippen LogP contribution is 2.23. The number of rotatable bonds is 5. The van der Waals surface area contributed by atoms with E-state index in [4.69, 9.17) is 0 Å². The van der Waals surface area contributed by atoms with E-state index in [9.17, 15) is 4.79 Å². The van der Waals surface area contributed by atoms with E-state index >= 15 is 0 Å². The highest BCUT2D eigenvalue weighted by molar-refractivity contribution is 7.99. The average molecular weight is 327 g/mol. The second-order valence-electron chi connectivity index (χ2n) is 5.94. The van der Waals surface area contributed by atoms with Crippen LogP contribution in [0.3, 0.4) is 0 Å². The van der Waals surface area contributed by atoms with Crippen LogP contribution >= 0.6 is 11.8 Å². The first-order chi connectivity index (χ1) is 11.1. The van der Waals surface area contributed by atoms with Gasteiger partial charge in [-0.15, -0.1) is 0 Å². The molecule has 1 saturated heterocycles. The zero-order valence-electron chi connectivity index (χ0n) is 13.6. The molecule has 1 aromatic heterocycles. The standard InChI is InChI=1S/C18H21N3OS/c1-13-5-6-15(14(2)9-13)16(22)11-23-18-10-17(19-12-20-18)21-7-3-4-8-21/h5-6,9-10,12H,3-4,7-8,11H2,1-2H3. The van der Waals surface area contributed by atoms with E-state index in [0.717, 1.165) is 35.1 Å². The van der Waals surface area contributed by atoms with E-state index in [1.807, 2.05) is 38.1 Å². The normalized spacial score (nSPS) is 14.3. The maximum Gasteiger partial charge on any atom is 0.173 e. The van der Waals surface area contributed by atoms with E-state index in [1.54, 1.807) is 6.33 Å². The number of benzene rings is 1. The number of carbonyl (C=O) groups excluding carboxylic acids is 1. The Morgan fingerprint density at radius 3 is 2.70 bits per heavy atom. The van der Waals surface area contributed by atoms with Gasteiger partial charge in [0, 0.05) is 24.7 Å². The number of nitrogens with zero attached hydrogens (tertiary/aromatic N) is 3. The van der Waals surface area contributed by atoms with Gasteiger partial charge in [-0.1, -0.05) is 35.5 Å². The van der Waals surface area contributed by atoms with Gasteiger partial charge in [0.25, 0.3) is 0 Å². The zero-order valence-corrected chi connectivity index (χ0v) is 14.4. The third-order valence-electron chi connectivity index (χ3n) is 4.09. The van der Waals surface area contributed by atoms with Gasteiger partial charge in [-0.25, -0.2) is 9.97 Å². The molecule has 1 aromatic carbocycles. The molecule has 2 heterocycles. The maximum atomic E-state index is 12.4. The van der Waals surface area contributed by atoms with Gasteiger partial charge in [-0.05, 0) is 32.3 Å². The molecule has 0 aliphatic carbocycles. The van der Waals surface area contributed by atoms with Gasteiger partial charge in [0.05, 0.1) is 5.75 Å². The first kappa shape index (κ1) is 16.0. The highest BCUT2D eigenvalue weighted by atomic mass is 32.2. The van der Waals surface area contributed by atoms with Crippen LogP contribution < -0.4 is 4.90 Å². The molecule has 23 heavy (non-hydrogen) atoms. The van der Waals surface area contributed by atoms with Gasteiger partial charge < -0.3 is 4.90 Å². The average Bonchev–Trinajstić information content (AvgIpc) is 3.07. The van der Waals surface area contributed by atoms with Crippen molar-refractivity contribution in [3.8, 4) is 0 Å². The Hall–Kier alpha value is -1.88. The van der Waals surface area contributed by atoms with Crippen LogP contribution in [-0.2, 0) is 0 Å². The number of hydrogen-bond donors (Lipinski definition) is 0. The summed E-state index contributed by atoms with van der Waals surface area (Å²) in [5.74, 6) is 1.52. The molecule has 120 valence electrons. The van der Waals surface area contributed by atoms with Crippen molar-refractivity contribution in [3.05, 3.63) is 47.3 Å². The van der Waals surface area contributed by atoms with E-state index in [1.165, 1.54) is 30.2 Å². The van der Waals surface area contributed by atoms with E-state index in [-0.39, 0.29) is 5.78 Å². The Morgan fingerprint density at radius 2 is 1.96 bits per heavy atom. The van der Waals surface area contributed by atoms with Gasteiger partial charge in [-0.3, -0.25) is 4.79 Å². The van der Waals surface area contributed by atoms with Crippen LogP contribution in [0.5, 0.6) is 0 Å². The second kappa shape index (κ2) is 7.13. The lowest BCUT2D eigenvalue weighted by molar-refractivity contribution is 0.102. The molecular weight excluding hydrogens is 306 g/mol. The van der Waals surface area contributed by atoms with Crippen LogP contribution in [0.15, 0.2) is 35.6 Å². The molecule has 5 heteroatoms. The van der Waals surface area contributed by atoms with E-state index < -0.39 is 0 Å². The van der Waals surface area contributed by atoms with Crippen LogP contribution in [0.2, 0.25) is 0 Å². The predicted molar refractivity (Wildman–Crippen MR) is 94.4 cm³/mol. The summed E-state index contributed by atoms with van der Waals surface area (Å²) in [6, 6.07) is 7.95. The van der Waals surface area contributed by atoms with Crippen LogP contribution in [0.4, 0.5) is 5.82 Å². The van der Waals surface area contributed by atoms with Gasteiger partial charge >= 0.3 is 0 Å². The maximum absolute atomic E-state index is 12.4. The number of Topliss-reactive ketones (excluding diaryl/α,β-unsaturated/α-hetero) is 1. The summed E-state index contributed by atoms with van der Waals surface area (Å²) in [4.78, 5) is 23.3. The minimum absolute atomic E-state index is 0.147. The molecule has 3 rings (SSSR count). The fourth-order valence-corrected chi connectivity index (χ4v) is 3.62. The third kappa shape index (κ3) is 3.91. The van der Waals surface area contributed by atoms with Crippen molar-refractivity contribution in [3.63, 3.8) is 0 Å². The first-order valence-corrected chi connectivity index (χ1v) is 8.92. The largest absolute Gasteiger partial charge is 0.356 e. The molecule has 0 radical (unpaired) electrons. The Kier molecular flexibility index (Phi) is 4.96. The summed E-state index contributed by atoms with van der Waals surface area (Å²) < 4.78 is 0. The Labute approximate surface area is 141 Å². The van der Waals surface area contributed by atoms with Gasteiger partial charge in [-0.2, -0.15) is 0 Å². The fourth-order valence-electron chi connectivity index (χ4n) is 2.87. The molecule has 0 atom stereocenters. The topological polar surface area (TPSA) is 46.1 Å². The van der Waals surface area contributed by atoms with Crippen molar-refractivity contribution < 1.29 is 4.79 Å². The third-order valence-corrected chi connectivity index (χ3v) is 5.02. The van der Waals surface area contributed by atoms with Crippen molar-refractivity contribution in [2.24, 2.45) is 0 Å². The van der Waals surface area contributed by atoms with Crippen LogP contribution in [0, 0.1) is 13.8 Å². The van der Waals surface area contributed by atoms with Crippen molar-refractivity contribution in [1.82, 2.24) is 9.97 Å². The van der Waals surface area contributed by atoms with Crippen molar-refractivity contribution in [2.75, 3.05) is 23.7 Å². The lowest BCUT2D eigenvalue weighted by Crippen LogP contribution is -2.19. The molecule has 1 fully saturated rings. The Balaban J connectivity index is 1.65. The zero-order chi connectivity index (χ0) is 16.2. The number of thioether (sulfide) groups is 1. The molecule has 2 aromatic rings. The second-order valence-corrected chi connectivity index (χ2v) is 6.93. The molecule has 0 saturated carbocycles. The van der Waals surface area contributed by atoms with Crippen LogP contribution in [0.25, 0.3) is 0 Å². The number of ketones is 1. The molecule has 1 aliphatic heterocycles. The highest BCUT2D eigenvalue weighted by Gasteiger charge is 2.15. The van der Waals surface area contributed by atoms with Crippen molar-refractivity contribution >= 4 is 23.4 Å². The van der Waals surface area contributed by atoms with Crippen molar-refractivity contribution in [2.45, 2.75) is 31.7 Å². The van der Waals surface area contributed by atoms with Crippen molar-refractivity contribution in [1.29, 1.82) is 0 Å². The minimum Gasteiger partial charge on any atom is -0.356 e. The van der Waals surface area contributed by atoms with Crippen LogP contribution in [0.1, 0.15) is 34.3 Å². The van der Waals surface area contributed by atoms with Gasteiger partial charge in [0.15, 0.2) is 5.78 Å². The summed E-state index contributed by atoms with van der Waals surface area (Å²) in [5.41, 5.74) is 3.02. The SMILES string of the molecule is Cc1ccc(C(=O)CSc2cc(N3CCCC3)ncn2)c(C)c1. The Bertz CT molecular complexity index is 711. The summed E-state index contributed by atoms with van der Waals surface area (Å²) >= 11 is 1.48. The number of aryl methyl sites for hydroxylation is 2. The summed E-state index contributed by atoms with van der Waals surface area (Å²) in [6.07, 6.45) is 4.03.